The highest BCUT2D eigenvalue weighted by Crippen LogP contribution is 2.30. The maximum absolute atomic E-state index is 6.02. The standard InChI is InChI=1S/C15H22BrNO/c1-4-11(3)10-18-15-12(9-13(17)5-2)7-6-8-14(15)16/h6-8,13H,3-5,9-10,17H2,1-2H3. The number of nitrogens with two attached hydrogens (primary N) is 1. The van der Waals surface area contributed by atoms with Crippen molar-refractivity contribution >= 4 is 15.9 Å². The Morgan fingerprint density at radius 2 is 2.17 bits per heavy atom. The summed E-state index contributed by atoms with van der Waals surface area (Å²) in [6, 6.07) is 6.26. The summed E-state index contributed by atoms with van der Waals surface area (Å²) in [6.07, 6.45) is 2.74. The highest BCUT2D eigenvalue weighted by molar-refractivity contribution is 9.10. The quantitative estimate of drug-likeness (QED) is 0.770. The molecule has 0 radical (unpaired) electrons. The fourth-order valence-corrected chi connectivity index (χ4v) is 2.10. The third-order valence-electron chi connectivity index (χ3n) is 2.98. The van der Waals surface area contributed by atoms with Crippen LogP contribution in [-0.2, 0) is 6.42 Å². The van der Waals surface area contributed by atoms with E-state index in [0.717, 1.165) is 40.6 Å². The van der Waals surface area contributed by atoms with E-state index in [-0.39, 0.29) is 6.04 Å². The second-order valence-corrected chi connectivity index (χ2v) is 5.35. The number of hydrogen-bond donors (Lipinski definition) is 1. The Balaban J connectivity index is 2.83. The Morgan fingerprint density at radius 1 is 1.44 bits per heavy atom. The molecule has 0 bridgehead atoms. The first-order valence-electron chi connectivity index (χ1n) is 6.40. The Morgan fingerprint density at radius 3 is 2.78 bits per heavy atom. The van der Waals surface area contributed by atoms with Gasteiger partial charge in [0.1, 0.15) is 12.4 Å². The SMILES string of the molecule is C=C(CC)COc1c(Br)cccc1CC(N)CC. The molecule has 0 aliphatic heterocycles. The maximum atomic E-state index is 6.02. The lowest BCUT2D eigenvalue weighted by molar-refractivity contribution is 0.342. The monoisotopic (exact) mass is 311 g/mol. The van der Waals surface area contributed by atoms with Gasteiger partial charge in [-0.15, -0.1) is 0 Å². The first-order valence-corrected chi connectivity index (χ1v) is 7.20. The summed E-state index contributed by atoms with van der Waals surface area (Å²) in [5.41, 5.74) is 8.27. The van der Waals surface area contributed by atoms with E-state index in [4.69, 9.17) is 10.5 Å². The summed E-state index contributed by atoms with van der Waals surface area (Å²) in [5, 5.41) is 0. The van der Waals surface area contributed by atoms with Crippen molar-refractivity contribution in [2.45, 2.75) is 39.2 Å². The molecule has 1 aromatic rings. The second-order valence-electron chi connectivity index (χ2n) is 4.49. The Kier molecular flexibility index (Phi) is 6.44. The van der Waals surface area contributed by atoms with E-state index in [2.05, 4.69) is 42.4 Å². The minimum atomic E-state index is 0.177. The topological polar surface area (TPSA) is 35.2 Å². The average Bonchev–Trinajstić information content (AvgIpc) is 2.37. The highest BCUT2D eigenvalue weighted by Gasteiger charge is 2.11. The average molecular weight is 312 g/mol. The normalized spacial score (nSPS) is 12.2. The third kappa shape index (κ3) is 4.46. The lowest BCUT2D eigenvalue weighted by Crippen LogP contribution is -2.21. The zero-order valence-electron chi connectivity index (χ0n) is 11.2. The van der Waals surface area contributed by atoms with E-state index in [0.29, 0.717) is 6.61 Å². The van der Waals surface area contributed by atoms with Gasteiger partial charge in [-0.3, -0.25) is 0 Å². The highest BCUT2D eigenvalue weighted by atomic mass is 79.9. The van der Waals surface area contributed by atoms with Gasteiger partial charge in [0.15, 0.2) is 0 Å². The molecule has 3 heteroatoms. The first kappa shape index (κ1) is 15.3. The van der Waals surface area contributed by atoms with Crippen LogP contribution in [0.4, 0.5) is 0 Å². The molecule has 0 aliphatic rings. The molecule has 0 fully saturated rings. The van der Waals surface area contributed by atoms with Crippen molar-refractivity contribution in [3.8, 4) is 5.75 Å². The van der Waals surface area contributed by atoms with E-state index >= 15 is 0 Å². The lowest BCUT2D eigenvalue weighted by Gasteiger charge is -2.16. The van der Waals surface area contributed by atoms with Crippen LogP contribution >= 0.6 is 15.9 Å². The van der Waals surface area contributed by atoms with Crippen LogP contribution in [0, 0.1) is 0 Å². The number of ether oxygens (including phenoxy) is 1. The molecule has 2 nitrogen and oxygen atoms in total. The Bertz CT molecular complexity index is 403. The van der Waals surface area contributed by atoms with Crippen LogP contribution in [0.3, 0.4) is 0 Å². The lowest BCUT2D eigenvalue weighted by atomic mass is 10.0. The van der Waals surface area contributed by atoms with Crippen molar-refractivity contribution in [3.63, 3.8) is 0 Å². The molecule has 1 atom stereocenters. The molecule has 0 saturated heterocycles. The number of rotatable bonds is 7. The Hall–Kier alpha value is -0.800. The molecule has 1 unspecified atom stereocenters. The molecule has 0 aliphatic carbocycles. The minimum absolute atomic E-state index is 0.177. The molecular weight excluding hydrogens is 290 g/mol. The van der Waals surface area contributed by atoms with E-state index in [1.165, 1.54) is 0 Å². The van der Waals surface area contributed by atoms with Crippen molar-refractivity contribution in [3.05, 3.63) is 40.4 Å². The number of benzene rings is 1. The Labute approximate surface area is 118 Å². The molecule has 1 rings (SSSR count). The van der Waals surface area contributed by atoms with Gasteiger partial charge in [-0.2, -0.15) is 0 Å². The smallest absolute Gasteiger partial charge is 0.137 e. The van der Waals surface area contributed by atoms with Gasteiger partial charge in [-0.1, -0.05) is 32.6 Å². The zero-order valence-corrected chi connectivity index (χ0v) is 12.8. The molecule has 0 amide bonds. The van der Waals surface area contributed by atoms with Crippen LogP contribution in [0.5, 0.6) is 5.75 Å². The summed E-state index contributed by atoms with van der Waals surface area (Å²) in [7, 11) is 0. The molecule has 100 valence electrons. The van der Waals surface area contributed by atoms with Gasteiger partial charge in [0.05, 0.1) is 4.47 Å². The van der Waals surface area contributed by atoms with Crippen LogP contribution in [-0.4, -0.2) is 12.6 Å². The molecule has 0 saturated carbocycles. The van der Waals surface area contributed by atoms with Crippen LogP contribution in [0.2, 0.25) is 0 Å². The third-order valence-corrected chi connectivity index (χ3v) is 3.60. The van der Waals surface area contributed by atoms with Crippen molar-refractivity contribution in [1.29, 1.82) is 0 Å². The van der Waals surface area contributed by atoms with Crippen molar-refractivity contribution < 1.29 is 4.74 Å². The molecule has 1 aromatic carbocycles. The fourth-order valence-electron chi connectivity index (χ4n) is 1.58. The first-order chi connectivity index (χ1) is 8.58. The number of halogens is 1. The van der Waals surface area contributed by atoms with Gasteiger partial charge in [0.25, 0.3) is 0 Å². The second kappa shape index (κ2) is 7.59. The van der Waals surface area contributed by atoms with E-state index in [9.17, 15) is 0 Å². The maximum Gasteiger partial charge on any atom is 0.137 e. The van der Waals surface area contributed by atoms with E-state index < -0.39 is 0 Å². The van der Waals surface area contributed by atoms with Crippen LogP contribution in [0.15, 0.2) is 34.8 Å². The zero-order chi connectivity index (χ0) is 13.5. The van der Waals surface area contributed by atoms with Crippen molar-refractivity contribution in [1.82, 2.24) is 0 Å². The number of hydrogen-bond acceptors (Lipinski definition) is 2. The van der Waals surface area contributed by atoms with Crippen LogP contribution in [0.25, 0.3) is 0 Å². The largest absolute Gasteiger partial charge is 0.488 e. The summed E-state index contributed by atoms with van der Waals surface area (Å²) >= 11 is 3.54. The summed E-state index contributed by atoms with van der Waals surface area (Å²) in [6.45, 7) is 8.70. The van der Waals surface area contributed by atoms with Crippen molar-refractivity contribution in [2.75, 3.05) is 6.61 Å². The van der Waals surface area contributed by atoms with Crippen molar-refractivity contribution in [2.24, 2.45) is 5.73 Å². The summed E-state index contributed by atoms with van der Waals surface area (Å²) in [5.74, 6) is 0.899. The predicted molar refractivity (Wildman–Crippen MR) is 81.0 cm³/mol. The van der Waals surface area contributed by atoms with E-state index in [1.807, 2.05) is 12.1 Å². The van der Waals surface area contributed by atoms with Gasteiger partial charge >= 0.3 is 0 Å². The predicted octanol–water partition coefficient (Wildman–Crippen LogP) is 4.07. The number of para-hydroxylation sites is 1. The van der Waals surface area contributed by atoms with Gasteiger partial charge in [0, 0.05) is 6.04 Å². The molecule has 18 heavy (non-hydrogen) atoms. The van der Waals surface area contributed by atoms with Gasteiger partial charge in [0.2, 0.25) is 0 Å². The summed E-state index contributed by atoms with van der Waals surface area (Å²) < 4.78 is 6.84. The molecule has 0 spiro atoms. The fraction of sp³-hybridized carbons (Fsp3) is 0.467. The molecular formula is C15H22BrNO. The van der Waals surface area contributed by atoms with Crippen LogP contribution < -0.4 is 10.5 Å². The van der Waals surface area contributed by atoms with Gasteiger partial charge in [-0.05, 0) is 52.4 Å². The van der Waals surface area contributed by atoms with E-state index in [1.54, 1.807) is 0 Å². The molecule has 2 N–H and O–H groups in total. The van der Waals surface area contributed by atoms with Crippen LogP contribution in [0.1, 0.15) is 32.3 Å². The summed E-state index contributed by atoms with van der Waals surface area (Å²) in [4.78, 5) is 0. The molecule has 0 aromatic heterocycles. The minimum Gasteiger partial charge on any atom is -0.488 e. The van der Waals surface area contributed by atoms with Gasteiger partial charge < -0.3 is 10.5 Å². The molecule has 0 heterocycles. The van der Waals surface area contributed by atoms with Gasteiger partial charge in [-0.25, -0.2) is 0 Å².